The second-order valence-corrected chi connectivity index (χ2v) is 2.79. The summed E-state index contributed by atoms with van der Waals surface area (Å²) in [6.07, 6.45) is 0. The van der Waals surface area contributed by atoms with Crippen LogP contribution < -0.4 is 15.2 Å². The van der Waals surface area contributed by atoms with Gasteiger partial charge in [0.05, 0.1) is 20.8 Å². The van der Waals surface area contributed by atoms with Gasteiger partial charge in [-0.3, -0.25) is 4.79 Å². The molecule has 1 rings (SSSR count). The zero-order valence-corrected chi connectivity index (χ0v) is 8.54. The quantitative estimate of drug-likeness (QED) is 0.757. The second kappa shape index (κ2) is 4.75. The van der Waals surface area contributed by atoms with Crippen molar-refractivity contribution < 1.29 is 18.7 Å². The average Bonchev–Trinajstić information content (AvgIpc) is 2.27. The SMILES string of the molecule is COc1ccc(F)c(C(=O)CN)c1OC. The zero-order chi connectivity index (χ0) is 11.4. The van der Waals surface area contributed by atoms with Gasteiger partial charge in [-0.05, 0) is 12.1 Å². The standard InChI is InChI=1S/C10H12FNO3/c1-14-8-4-3-6(11)9(7(13)5-12)10(8)15-2/h3-4H,5,12H2,1-2H3. The van der Waals surface area contributed by atoms with Gasteiger partial charge >= 0.3 is 0 Å². The van der Waals surface area contributed by atoms with Crippen LogP contribution in [0.25, 0.3) is 0 Å². The van der Waals surface area contributed by atoms with Gasteiger partial charge < -0.3 is 15.2 Å². The van der Waals surface area contributed by atoms with E-state index >= 15 is 0 Å². The molecule has 1 aromatic rings. The maximum atomic E-state index is 13.4. The summed E-state index contributed by atoms with van der Waals surface area (Å²) >= 11 is 0. The molecular formula is C10H12FNO3. The molecule has 0 spiro atoms. The van der Waals surface area contributed by atoms with Gasteiger partial charge in [-0.15, -0.1) is 0 Å². The van der Waals surface area contributed by atoms with E-state index in [1.165, 1.54) is 20.3 Å². The Morgan fingerprint density at radius 1 is 1.40 bits per heavy atom. The van der Waals surface area contributed by atoms with Crippen LogP contribution in [0.2, 0.25) is 0 Å². The van der Waals surface area contributed by atoms with E-state index in [9.17, 15) is 9.18 Å². The van der Waals surface area contributed by atoms with Gasteiger partial charge in [0.15, 0.2) is 17.3 Å². The van der Waals surface area contributed by atoms with Crippen LogP contribution in [-0.2, 0) is 0 Å². The van der Waals surface area contributed by atoms with Crippen LogP contribution in [-0.4, -0.2) is 26.5 Å². The van der Waals surface area contributed by atoms with Crippen molar-refractivity contribution in [3.05, 3.63) is 23.5 Å². The number of ketones is 1. The number of benzene rings is 1. The van der Waals surface area contributed by atoms with Gasteiger partial charge in [-0.2, -0.15) is 0 Å². The molecule has 5 heteroatoms. The summed E-state index contributed by atoms with van der Waals surface area (Å²) in [6, 6.07) is 2.53. The molecule has 15 heavy (non-hydrogen) atoms. The number of Topliss-reactive ketones (excluding diaryl/α,β-unsaturated/α-hetero) is 1. The number of carbonyl (C=O) groups is 1. The number of halogens is 1. The molecule has 0 radical (unpaired) electrons. The maximum absolute atomic E-state index is 13.4. The Morgan fingerprint density at radius 2 is 2.07 bits per heavy atom. The van der Waals surface area contributed by atoms with Gasteiger partial charge in [0.2, 0.25) is 0 Å². The van der Waals surface area contributed by atoms with E-state index in [0.717, 1.165) is 6.07 Å². The monoisotopic (exact) mass is 213 g/mol. The van der Waals surface area contributed by atoms with E-state index in [0.29, 0.717) is 5.75 Å². The van der Waals surface area contributed by atoms with Crippen LogP contribution in [0.3, 0.4) is 0 Å². The number of ether oxygens (including phenoxy) is 2. The van der Waals surface area contributed by atoms with Crippen LogP contribution in [0.5, 0.6) is 11.5 Å². The Kier molecular flexibility index (Phi) is 3.62. The molecule has 82 valence electrons. The first kappa shape index (κ1) is 11.5. The fourth-order valence-corrected chi connectivity index (χ4v) is 1.26. The third-order valence-electron chi connectivity index (χ3n) is 1.96. The lowest BCUT2D eigenvalue weighted by Gasteiger charge is -2.11. The highest BCUT2D eigenvalue weighted by molar-refractivity contribution is 6.01. The Bertz CT molecular complexity index is 379. The lowest BCUT2D eigenvalue weighted by molar-refractivity contribution is 0.0993. The molecule has 0 saturated carbocycles. The normalized spacial score (nSPS) is 9.87. The topological polar surface area (TPSA) is 61.5 Å². The third kappa shape index (κ3) is 2.07. The summed E-state index contributed by atoms with van der Waals surface area (Å²) in [5, 5.41) is 0. The molecule has 0 atom stereocenters. The summed E-state index contributed by atoms with van der Waals surface area (Å²) in [5.74, 6) is -0.810. The first-order chi connectivity index (χ1) is 7.15. The van der Waals surface area contributed by atoms with E-state index in [-0.39, 0.29) is 17.9 Å². The fourth-order valence-electron chi connectivity index (χ4n) is 1.26. The van der Waals surface area contributed by atoms with E-state index in [1.807, 2.05) is 0 Å². The van der Waals surface area contributed by atoms with Gasteiger partial charge in [-0.25, -0.2) is 4.39 Å². The molecule has 0 amide bonds. The Labute approximate surface area is 86.8 Å². The Balaban J connectivity index is 3.38. The molecule has 0 aromatic heterocycles. The number of carbonyl (C=O) groups excluding carboxylic acids is 1. The van der Waals surface area contributed by atoms with Crippen molar-refractivity contribution in [3.63, 3.8) is 0 Å². The van der Waals surface area contributed by atoms with Crippen LogP contribution in [0.15, 0.2) is 12.1 Å². The van der Waals surface area contributed by atoms with Crippen molar-refractivity contribution in [2.45, 2.75) is 0 Å². The van der Waals surface area contributed by atoms with Crippen LogP contribution in [0.1, 0.15) is 10.4 Å². The maximum Gasteiger partial charge on any atom is 0.183 e. The van der Waals surface area contributed by atoms with E-state index in [4.69, 9.17) is 15.2 Å². The number of hydrogen-bond donors (Lipinski definition) is 1. The highest BCUT2D eigenvalue weighted by Gasteiger charge is 2.20. The molecule has 0 fully saturated rings. The smallest absolute Gasteiger partial charge is 0.183 e. The molecule has 0 aliphatic carbocycles. The lowest BCUT2D eigenvalue weighted by atomic mass is 10.1. The first-order valence-corrected chi connectivity index (χ1v) is 4.29. The van der Waals surface area contributed by atoms with Gasteiger partial charge in [0, 0.05) is 0 Å². The minimum Gasteiger partial charge on any atom is -0.493 e. The average molecular weight is 213 g/mol. The molecule has 0 heterocycles. The number of nitrogens with two attached hydrogens (primary N) is 1. The highest BCUT2D eigenvalue weighted by atomic mass is 19.1. The van der Waals surface area contributed by atoms with Crippen LogP contribution >= 0.6 is 0 Å². The van der Waals surface area contributed by atoms with Crippen molar-refractivity contribution in [1.29, 1.82) is 0 Å². The van der Waals surface area contributed by atoms with Gasteiger partial charge in [-0.1, -0.05) is 0 Å². The minimum absolute atomic E-state index is 0.0768. The van der Waals surface area contributed by atoms with E-state index in [1.54, 1.807) is 0 Å². The molecule has 0 aliphatic rings. The highest BCUT2D eigenvalue weighted by Crippen LogP contribution is 2.32. The predicted molar refractivity (Wildman–Crippen MR) is 52.9 cm³/mol. The minimum atomic E-state index is -0.664. The van der Waals surface area contributed by atoms with E-state index < -0.39 is 11.6 Å². The molecule has 0 unspecified atom stereocenters. The molecule has 0 aliphatic heterocycles. The molecule has 2 N–H and O–H groups in total. The van der Waals surface area contributed by atoms with Crippen LogP contribution in [0.4, 0.5) is 4.39 Å². The lowest BCUT2D eigenvalue weighted by Crippen LogP contribution is -2.16. The number of rotatable bonds is 4. The number of hydrogen-bond acceptors (Lipinski definition) is 4. The summed E-state index contributed by atoms with van der Waals surface area (Å²) < 4.78 is 23.3. The van der Waals surface area contributed by atoms with Crippen molar-refractivity contribution in [3.8, 4) is 11.5 Å². The Hall–Kier alpha value is -1.62. The largest absolute Gasteiger partial charge is 0.493 e. The molecule has 0 bridgehead atoms. The van der Waals surface area contributed by atoms with Gasteiger partial charge in [0.25, 0.3) is 0 Å². The van der Waals surface area contributed by atoms with Crippen molar-refractivity contribution in [2.24, 2.45) is 5.73 Å². The molecule has 0 saturated heterocycles. The summed E-state index contributed by atoms with van der Waals surface area (Å²) in [4.78, 5) is 11.4. The van der Waals surface area contributed by atoms with Crippen LogP contribution in [0, 0.1) is 5.82 Å². The third-order valence-corrected chi connectivity index (χ3v) is 1.96. The van der Waals surface area contributed by atoms with E-state index in [2.05, 4.69) is 0 Å². The second-order valence-electron chi connectivity index (χ2n) is 2.79. The predicted octanol–water partition coefficient (Wildman–Crippen LogP) is 0.984. The summed E-state index contributed by atoms with van der Waals surface area (Å²) in [5.41, 5.74) is 5.01. The molecule has 4 nitrogen and oxygen atoms in total. The van der Waals surface area contributed by atoms with Crippen molar-refractivity contribution in [2.75, 3.05) is 20.8 Å². The zero-order valence-electron chi connectivity index (χ0n) is 8.54. The number of methoxy groups -OCH3 is 2. The van der Waals surface area contributed by atoms with Gasteiger partial charge in [0.1, 0.15) is 11.4 Å². The fraction of sp³-hybridized carbons (Fsp3) is 0.300. The Morgan fingerprint density at radius 3 is 2.53 bits per heavy atom. The first-order valence-electron chi connectivity index (χ1n) is 4.29. The summed E-state index contributed by atoms with van der Waals surface area (Å²) in [7, 11) is 2.75. The van der Waals surface area contributed by atoms with Crippen molar-refractivity contribution >= 4 is 5.78 Å². The molecule has 1 aromatic carbocycles. The van der Waals surface area contributed by atoms with Crippen molar-refractivity contribution in [1.82, 2.24) is 0 Å². The molecular weight excluding hydrogens is 201 g/mol. The summed E-state index contributed by atoms with van der Waals surface area (Å²) in [6.45, 7) is -0.277.